The van der Waals surface area contributed by atoms with Gasteiger partial charge in [0, 0.05) is 12.1 Å². The number of nitrogen functional groups attached to an aromatic ring is 1. The van der Waals surface area contributed by atoms with Crippen LogP contribution in [0.25, 0.3) is 11.3 Å². The Bertz CT molecular complexity index is 778. The predicted octanol–water partition coefficient (Wildman–Crippen LogP) is 2.05. The van der Waals surface area contributed by atoms with Crippen LogP contribution in [0, 0.1) is 0 Å². The van der Waals surface area contributed by atoms with Crippen molar-refractivity contribution < 1.29 is 19.0 Å². The van der Waals surface area contributed by atoms with Crippen LogP contribution < -0.4 is 11.1 Å². The van der Waals surface area contributed by atoms with Crippen LogP contribution in [0.2, 0.25) is 10.0 Å². The van der Waals surface area contributed by atoms with E-state index in [1.165, 1.54) is 7.11 Å². The summed E-state index contributed by atoms with van der Waals surface area (Å²) >= 11 is 12.2. The maximum atomic E-state index is 10.8. The Kier molecular flexibility index (Phi) is 8.46. The monoisotopic (exact) mass is 415 g/mol. The van der Waals surface area contributed by atoms with Gasteiger partial charge in [-0.3, -0.25) is 0 Å². The Hall–Kier alpha value is -2.20. The van der Waals surface area contributed by atoms with E-state index in [1.807, 2.05) is 0 Å². The highest BCUT2D eigenvalue weighted by Gasteiger charge is 2.13. The summed E-state index contributed by atoms with van der Waals surface area (Å²) in [6.45, 7) is 1.35. The number of hydrogen-bond acceptors (Lipinski definition) is 9. The normalized spacial score (nSPS) is 10.6. The number of carbonyl (C=O) groups is 1. The minimum absolute atomic E-state index is 0.0973. The van der Waals surface area contributed by atoms with E-state index < -0.39 is 5.97 Å². The van der Waals surface area contributed by atoms with Crippen LogP contribution >= 0.6 is 23.2 Å². The number of ether oxygens (including phenoxy) is 3. The summed E-state index contributed by atoms with van der Waals surface area (Å²) in [6.07, 6.45) is 0. The van der Waals surface area contributed by atoms with Crippen LogP contribution in [0.5, 0.6) is 0 Å². The number of carbonyl (C=O) groups excluding carboxylic acids is 1. The van der Waals surface area contributed by atoms with Gasteiger partial charge >= 0.3 is 5.97 Å². The minimum Gasteiger partial charge on any atom is -0.467 e. The molecule has 0 saturated heterocycles. The van der Waals surface area contributed by atoms with Gasteiger partial charge in [-0.15, -0.1) is 10.2 Å². The molecule has 0 amide bonds. The number of nitrogens with zero attached hydrogens (tertiary/aromatic N) is 3. The summed E-state index contributed by atoms with van der Waals surface area (Å²) in [6, 6.07) is 5.14. The van der Waals surface area contributed by atoms with Gasteiger partial charge in [0.25, 0.3) is 0 Å². The molecule has 3 N–H and O–H groups in total. The zero-order valence-corrected chi connectivity index (χ0v) is 16.1. The standard InChI is InChI=1S/C16H19Cl2N5O4/c1-25-12(24)9-27-8-7-26-6-5-20-16-21-15(19)14(22-23-16)10-3-2-4-11(17)13(10)18/h2-4H,5-9H2,1H3,(H3,19,20,21,23). The van der Waals surface area contributed by atoms with Crippen molar-refractivity contribution in [1.82, 2.24) is 15.2 Å². The third-order valence-electron chi connectivity index (χ3n) is 3.27. The molecule has 2 aromatic rings. The van der Waals surface area contributed by atoms with Crippen molar-refractivity contribution in [3.63, 3.8) is 0 Å². The highest BCUT2D eigenvalue weighted by molar-refractivity contribution is 6.43. The number of esters is 1. The molecule has 0 atom stereocenters. The van der Waals surface area contributed by atoms with E-state index in [9.17, 15) is 4.79 Å². The fourth-order valence-electron chi connectivity index (χ4n) is 1.96. The number of rotatable bonds is 10. The maximum absolute atomic E-state index is 10.8. The van der Waals surface area contributed by atoms with Gasteiger partial charge in [0.05, 0.1) is 37.0 Å². The number of anilines is 2. The van der Waals surface area contributed by atoms with E-state index in [2.05, 4.69) is 25.2 Å². The van der Waals surface area contributed by atoms with E-state index in [1.54, 1.807) is 18.2 Å². The van der Waals surface area contributed by atoms with E-state index in [-0.39, 0.29) is 25.0 Å². The zero-order chi connectivity index (χ0) is 19.6. The molecule has 0 bridgehead atoms. The van der Waals surface area contributed by atoms with E-state index in [0.717, 1.165) is 0 Å². The Balaban J connectivity index is 1.76. The van der Waals surface area contributed by atoms with Gasteiger partial charge in [0.2, 0.25) is 5.95 Å². The summed E-state index contributed by atoms with van der Waals surface area (Å²) in [4.78, 5) is 15.0. The third kappa shape index (κ3) is 6.47. The van der Waals surface area contributed by atoms with Gasteiger partial charge in [-0.1, -0.05) is 35.3 Å². The van der Waals surface area contributed by atoms with Crippen LogP contribution in [0.3, 0.4) is 0 Å². The molecule has 0 aliphatic rings. The second-order valence-electron chi connectivity index (χ2n) is 5.14. The molecule has 0 aliphatic heterocycles. The number of nitrogens with two attached hydrogens (primary N) is 1. The number of methoxy groups -OCH3 is 1. The lowest BCUT2D eigenvalue weighted by molar-refractivity contribution is -0.146. The second-order valence-corrected chi connectivity index (χ2v) is 5.92. The lowest BCUT2D eigenvalue weighted by Gasteiger charge is -2.09. The first kappa shape index (κ1) is 21.1. The largest absolute Gasteiger partial charge is 0.467 e. The van der Waals surface area contributed by atoms with Crippen molar-refractivity contribution in [3.8, 4) is 11.3 Å². The molecule has 11 heteroatoms. The van der Waals surface area contributed by atoms with Crippen LogP contribution in [0.1, 0.15) is 0 Å². The molecule has 0 saturated carbocycles. The lowest BCUT2D eigenvalue weighted by Crippen LogP contribution is -2.17. The first-order chi connectivity index (χ1) is 13.0. The average Bonchev–Trinajstić information content (AvgIpc) is 2.66. The molecule has 146 valence electrons. The topological polar surface area (TPSA) is 121 Å². The summed E-state index contributed by atoms with van der Waals surface area (Å²) in [5.41, 5.74) is 6.87. The van der Waals surface area contributed by atoms with Gasteiger partial charge in [-0.2, -0.15) is 4.98 Å². The second kappa shape index (κ2) is 10.8. The van der Waals surface area contributed by atoms with E-state index in [0.29, 0.717) is 41.1 Å². The predicted molar refractivity (Wildman–Crippen MR) is 102 cm³/mol. The fourth-order valence-corrected chi connectivity index (χ4v) is 2.35. The summed E-state index contributed by atoms with van der Waals surface area (Å²) in [7, 11) is 1.30. The van der Waals surface area contributed by atoms with Gasteiger partial charge in [-0.25, -0.2) is 4.79 Å². The van der Waals surface area contributed by atoms with Crippen LogP contribution in [0.4, 0.5) is 11.8 Å². The van der Waals surface area contributed by atoms with E-state index in [4.69, 9.17) is 38.4 Å². The maximum Gasteiger partial charge on any atom is 0.331 e. The number of benzene rings is 1. The molecule has 0 radical (unpaired) electrons. The van der Waals surface area contributed by atoms with Crippen molar-refractivity contribution in [2.24, 2.45) is 0 Å². The highest BCUT2D eigenvalue weighted by Crippen LogP contribution is 2.34. The van der Waals surface area contributed by atoms with Gasteiger partial charge in [0.1, 0.15) is 12.3 Å². The number of nitrogens with one attached hydrogen (secondary N) is 1. The molecule has 0 unspecified atom stereocenters. The molecular formula is C16H19Cl2N5O4. The Morgan fingerprint density at radius 1 is 1.19 bits per heavy atom. The molecular weight excluding hydrogens is 397 g/mol. The molecule has 1 aromatic heterocycles. The summed E-state index contributed by atoms with van der Waals surface area (Å²) in [5, 5.41) is 11.7. The Labute approximate surface area is 166 Å². The smallest absolute Gasteiger partial charge is 0.331 e. The molecule has 1 heterocycles. The molecule has 9 nitrogen and oxygen atoms in total. The first-order valence-electron chi connectivity index (χ1n) is 7.93. The van der Waals surface area contributed by atoms with Crippen LogP contribution in [0.15, 0.2) is 18.2 Å². The van der Waals surface area contributed by atoms with E-state index >= 15 is 0 Å². The molecule has 0 fully saturated rings. The summed E-state index contributed by atoms with van der Waals surface area (Å²) in [5.74, 6) is 0.00940. The van der Waals surface area contributed by atoms with Crippen molar-refractivity contribution in [2.75, 3.05) is 51.1 Å². The SMILES string of the molecule is COC(=O)COCCOCCNc1nnc(-c2cccc(Cl)c2Cl)c(N)n1. The minimum atomic E-state index is -0.429. The van der Waals surface area contributed by atoms with Crippen molar-refractivity contribution in [1.29, 1.82) is 0 Å². The van der Waals surface area contributed by atoms with Crippen molar-refractivity contribution >= 4 is 40.9 Å². The van der Waals surface area contributed by atoms with Crippen LogP contribution in [-0.4, -0.2) is 61.2 Å². The fraction of sp³-hybridized carbons (Fsp3) is 0.375. The zero-order valence-electron chi connectivity index (χ0n) is 14.6. The lowest BCUT2D eigenvalue weighted by atomic mass is 10.1. The van der Waals surface area contributed by atoms with Crippen LogP contribution in [-0.2, 0) is 19.0 Å². The molecule has 2 rings (SSSR count). The Morgan fingerprint density at radius 3 is 2.70 bits per heavy atom. The molecule has 0 spiro atoms. The quantitative estimate of drug-likeness (QED) is 0.443. The van der Waals surface area contributed by atoms with Crippen molar-refractivity contribution in [3.05, 3.63) is 28.2 Å². The molecule has 1 aromatic carbocycles. The Morgan fingerprint density at radius 2 is 1.96 bits per heavy atom. The first-order valence-corrected chi connectivity index (χ1v) is 8.69. The highest BCUT2D eigenvalue weighted by atomic mass is 35.5. The average molecular weight is 416 g/mol. The van der Waals surface area contributed by atoms with Crippen molar-refractivity contribution in [2.45, 2.75) is 0 Å². The van der Waals surface area contributed by atoms with Gasteiger partial charge in [0.15, 0.2) is 5.82 Å². The summed E-state index contributed by atoms with van der Waals surface area (Å²) < 4.78 is 14.8. The van der Waals surface area contributed by atoms with Gasteiger partial charge in [-0.05, 0) is 6.07 Å². The third-order valence-corrected chi connectivity index (χ3v) is 4.09. The number of aromatic nitrogens is 3. The number of hydrogen-bond donors (Lipinski definition) is 2. The number of halogens is 2. The van der Waals surface area contributed by atoms with Gasteiger partial charge < -0.3 is 25.3 Å². The molecule has 27 heavy (non-hydrogen) atoms. The molecule has 0 aliphatic carbocycles.